The zero-order valence-corrected chi connectivity index (χ0v) is 21.1. The van der Waals surface area contributed by atoms with E-state index in [1.807, 2.05) is 39.0 Å². The van der Waals surface area contributed by atoms with E-state index in [1.54, 1.807) is 19.1 Å². The van der Waals surface area contributed by atoms with Gasteiger partial charge in [0.05, 0.1) is 4.47 Å². The van der Waals surface area contributed by atoms with Crippen LogP contribution in [0.25, 0.3) is 0 Å². The average Bonchev–Trinajstić information content (AvgIpc) is 2.70. The third kappa shape index (κ3) is 7.62. The molecule has 2 aromatic carbocycles. The van der Waals surface area contributed by atoms with Gasteiger partial charge in [0.1, 0.15) is 17.6 Å². The molecule has 0 aliphatic rings. The Hall–Kier alpha value is -2.41. The van der Waals surface area contributed by atoms with Gasteiger partial charge >= 0.3 is 0 Å². The van der Waals surface area contributed by atoms with E-state index in [4.69, 9.17) is 4.74 Å². The minimum Gasteiger partial charge on any atom is -0.483 e. The summed E-state index contributed by atoms with van der Waals surface area (Å²) in [4.78, 5) is 27.3. The van der Waals surface area contributed by atoms with Gasteiger partial charge in [0, 0.05) is 12.1 Å². The molecule has 2 rings (SSSR count). The van der Waals surface area contributed by atoms with Gasteiger partial charge in [-0.3, -0.25) is 9.59 Å². The number of nitrogens with one attached hydrogen (secondary N) is 1. The molecular weight excluding hydrogens is 475 g/mol. The minimum absolute atomic E-state index is 0.161. The fraction of sp³-hybridized carbons (Fsp3) is 0.440. The summed E-state index contributed by atoms with van der Waals surface area (Å²) in [5.74, 6) is -0.0454. The molecule has 1 N–H and O–H groups in total. The summed E-state index contributed by atoms with van der Waals surface area (Å²) >= 11 is 3.50. The first-order chi connectivity index (χ1) is 14.9. The number of carbonyl (C=O) groups is 2. The molecular formula is C25H32BrFN2O3. The lowest BCUT2D eigenvalue weighted by atomic mass is 10.0. The van der Waals surface area contributed by atoms with Gasteiger partial charge in [0.25, 0.3) is 5.91 Å². The molecule has 0 aliphatic heterocycles. The fourth-order valence-corrected chi connectivity index (χ4v) is 3.57. The molecule has 0 fully saturated rings. The molecule has 0 spiro atoms. The van der Waals surface area contributed by atoms with Crippen molar-refractivity contribution in [3.05, 3.63) is 63.9 Å². The van der Waals surface area contributed by atoms with Gasteiger partial charge < -0.3 is 15.0 Å². The van der Waals surface area contributed by atoms with Crippen molar-refractivity contribution >= 4 is 27.7 Å². The van der Waals surface area contributed by atoms with Crippen LogP contribution < -0.4 is 10.1 Å². The van der Waals surface area contributed by atoms with Crippen molar-refractivity contribution in [2.24, 2.45) is 0 Å². The first-order valence-electron chi connectivity index (χ1n) is 10.7. The number of hydrogen-bond acceptors (Lipinski definition) is 3. The van der Waals surface area contributed by atoms with Crippen molar-refractivity contribution < 1.29 is 18.7 Å². The Labute approximate surface area is 198 Å². The zero-order chi connectivity index (χ0) is 24.1. The molecule has 0 bridgehead atoms. The second kappa shape index (κ2) is 10.9. The lowest BCUT2D eigenvalue weighted by molar-refractivity contribution is -0.142. The van der Waals surface area contributed by atoms with Crippen molar-refractivity contribution in [3.63, 3.8) is 0 Å². The van der Waals surface area contributed by atoms with Gasteiger partial charge in [-0.25, -0.2) is 4.39 Å². The van der Waals surface area contributed by atoms with Crippen molar-refractivity contribution in [2.45, 2.75) is 65.6 Å². The first kappa shape index (κ1) is 25.8. The Balaban J connectivity index is 2.19. The average molecular weight is 507 g/mol. The Morgan fingerprint density at radius 1 is 1.09 bits per heavy atom. The van der Waals surface area contributed by atoms with E-state index in [0.29, 0.717) is 11.7 Å². The Morgan fingerprint density at radius 2 is 1.72 bits per heavy atom. The number of ether oxygens (including phenoxy) is 1. The summed E-state index contributed by atoms with van der Waals surface area (Å²) in [5.41, 5.74) is 1.44. The van der Waals surface area contributed by atoms with Crippen LogP contribution in [0.5, 0.6) is 5.75 Å². The Kier molecular flexibility index (Phi) is 8.84. The fourth-order valence-electron chi connectivity index (χ4n) is 3.06. The van der Waals surface area contributed by atoms with Crippen molar-refractivity contribution in [2.75, 3.05) is 6.61 Å². The number of halogens is 2. The Bertz CT molecular complexity index is 939. The van der Waals surface area contributed by atoms with Crippen LogP contribution >= 0.6 is 15.9 Å². The monoisotopic (exact) mass is 506 g/mol. The van der Waals surface area contributed by atoms with Crippen LogP contribution in [0.4, 0.5) is 4.39 Å². The van der Waals surface area contributed by atoms with Crippen LogP contribution in [-0.2, 0) is 16.1 Å². The molecule has 2 aromatic rings. The highest BCUT2D eigenvalue weighted by atomic mass is 79.9. The highest BCUT2D eigenvalue weighted by Crippen LogP contribution is 2.29. The number of carbonyl (C=O) groups excluding carboxylic acids is 2. The van der Waals surface area contributed by atoms with Crippen LogP contribution in [0.2, 0.25) is 0 Å². The number of amides is 2. The standard InChI is InChI=1S/C25H32BrFN2O3/c1-16(2)19-9-12-22(21(26)13-19)32-15-23(30)29(14-18-7-10-20(27)11-8-18)17(3)24(31)28-25(4,5)6/h7-13,16-17H,14-15H2,1-6H3,(H,28,31)/t17-/m1/s1. The molecule has 0 heterocycles. The quantitative estimate of drug-likeness (QED) is 0.519. The summed E-state index contributed by atoms with van der Waals surface area (Å²) in [5, 5.41) is 2.91. The lowest BCUT2D eigenvalue weighted by Crippen LogP contribution is -2.53. The number of nitrogens with zero attached hydrogens (tertiary/aromatic N) is 1. The largest absolute Gasteiger partial charge is 0.483 e. The first-order valence-corrected chi connectivity index (χ1v) is 11.4. The van der Waals surface area contributed by atoms with Gasteiger partial charge in [-0.2, -0.15) is 0 Å². The number of benzene rings is 2. The maximum Gasteiger partial charge on any atom is 0.261 e. The van der Waals surface area contributed by atoms with Crippen LogP contribution in [0, 0.1) is 5.82 Å². The smallest absolute Gasteiger partial charge is 0.261 e. The predicted molar refractivity (Wildman–Crippen MR) is 128 cm³/mol. The van der Waals surface area contributed by atoms with E-state index in [9.17, 15) is 14.0 Å². The summed E-state index contributed by atoms with van der Waals surface area (Å²) in [6.07, 6.45) is 0. The Morgan fingerprint density at radius 3 is 2.25 bits per heavy atom. The van der Waals surface area contributed by atoms with E-state index < -0.39 is 11.6 Å². The summed E-state index contributed by atoms with van der Waals surface area (Å²) < 4.78 is 19.8. The van der Waals surface area contributed by atoms with Gasteiger partial charge in [-0.05, 0) is 84.9 Å². The molecule has 0 unspecified atom stereocenters. The third-order valence-electron chi connectivity index (χ3n) is 4.91. The van der Waals surface area contributed by atoms with Crippen molar-refractivity contribution in [1.29, 1.82) is 0 Å². The summed E-state index contributed by atoms with van der Waals surface area (Å²) in [6, 6.07) is 10.9. The third-order valence-corrected chi connectivity index (χ3v) is 5.53. The normalized spacial score (nSPS) is 12.4. The highest BCUT2D eigenvalue weighted by molar-refractivity contribution is 9.10. The summed E-state index contributed by atoms with van der Waals surface area (Å²) in [6.45, 7) is 11.5. The van der Waals surface area contributed by atoms with Crippen LogP contribution in [0.1, 0.15) is 58.6 Å². The molecule has 0 saturated heterocycles. The number of rotatable bonds is 8. The lowest BCUT2D eigenvalue weighted by Gasteiger charge is -2.31. The topological polar surface area (TPSA) is 58.6 Å². The van der Waals surface area contributed by atoms with E-state index in [2.05, 4.69) is 35.1 Å². The highest BCUT2D eigenvalue weighted by Gasteiger charge is 2.28. The van der Waals surface area contributed by atoms with E-state index in [-0.39, 0.29) is 30.8 Å². The molecule has 0 aliphatic carbocycles. The van der Waals surface area contributed by atoms with Crippen LogP contribution in [0.15, 0.2) is 46.9 Å². The molecule has 32 heavy (non-hydrogen) atoms. The van der Waals surface area contributed by atoms with Gasteiger partial charge in [0.15, 0.2) is 6.61 Å². The summed E-state index contributed by atoms with van der Waals surface area (Å²) in [7, 11) is 0. The minimum atomic E-state index is -0.734. The van der Waals surface area contributed by atoms with Gasteiger partial charge in [0.2, 0.25) is 5.91 Å². The van der Waals surface area contributed by atoms with Gasteiger partial charge in [-0.1, -0.05) is 32.0 Å². The second-order valence-electron chi connectivity index (χ2n) is 9.20. The molecule has 1 atom stereocenters. The second-order valence-corrected chi connectivity index (χ2v) is 10.1. The van der Waals surface area contributed by atoms with Crippen molar-refractivity contribution in [3.8, 4) is 5.75 Å². The maximum absolute atomic E-state index is 13.3. The molecule has 0 saturated carbocycles. The molecule has 174 valence electrons. The zero-order valence-electron chi connectivity index (χ0n) is 19.5. The van der Waals surface area contributed by atoms with Crippen LogP contribution in [0.3, 0.4) is 0 Å². The molecule has 0 aromatic heterocycles. The number of hydrogen-bond donors (Lipinski definition) is 1. The van der Waals surface area contributed by atoms with E-state index in [1.165, 1.54) is 17.0 Å². The SMILES string of the molecule is CC(C)c1ccc(OCC(=O)N(Cc2ccc(F)cc2)[C@H](C)C(=O)NC(C)(C)C)c(Br)c1. The van der Waals surface area contributed by atoms with E-state index in [0.717, 1.165) is 15.6 Å². The van der Waals surface area contributed by atoms with Crippen molar-refractivity contribution in [1.82, 2.24) is 10.2 Å². The van der Waals surface area contributed by atoms with E-state index >= 15 is 0 Å². The molecule has 7 heteroatoms. The molecule has 5 nitrogen and oxygen atoms in total. The predicted octanol–water partition coefficient (Wildman–Crippen LogP) is 5.42. The van der Waals surface area contributed by atoms with Crippen LogP contribution in [-0.4, -0.2) is 34.9 Å². The molecule has 0 radical (unpaired) electrons. The maximum atomic E-state index is 13.3. The molecule has 2 amide bonds. The van der Waals surface area contributed by atoms with Gasteiger partial charge in [-0.15, -0.1) is 0 Å².